The largest absolute Gasteiger partial charge is 0.379 e. The summed E-state index contributed by atoms with van der Waals surface area (Å²) in [6.07, 6.45) is 0.420. The molecule has 1 amide bonds. The van der Waals surface area contributed by atoms with Crippen molar-refractivity contribution in [3.63, 3.8) is 0 Å². The fraction of sp³-hybridized carbons (Fsp3) is 0.435. The summed E-state index contributed by atoms with van der Waals surface area (Å²) in [7, 11) is 0. The molecule has 1 fully saturated rings. The molecule has 4 nitrogen and oxygen atoms in total. The number of amides is 1. The molecule has 4 heteroatoms. The Balaban J connectivity index is 1.52. The molecule has 1 aliphatic rings. The second-order valence-corrected chi connectivity index (χ2v) is 7.50. The third-order valence-corrected chi connectivity index (χ3v) is 5.22. The van der Waals surface area contributed by atoms with Crippen LogP contribution in [0.15, 0.2) is 54.6 Å². The number of nitrogens with one attached hydrogen (secondary N) is 1. The number of benzene rings is 2. The van der Waals surface area contributed by atoms with Gasteiger partial charge >= 0.3 is 0 Å². The number of carbonyl (C=O) groups is 1. The van der Waals surface area contributed by atoms with Crippen LogP contribution in [-0.4, -0.2) is 49.7 Å². The van der Waals surface area contributed by atoms with E-state index in [2.05, 4.69) is 48.3 Å². The van der Waals surface area contributed by atoms with Crippen molar-refractivity contribution in [1.82, 2.24) is 10.2 Å². The average Bonchev–Trinajstić information content (AvgIpc) is 2.70. The topological polar surface area (TPSA) is 41.6 Å². The van der Waals surface area contributed by atoms with Crippen LogP contribution in [0, 0.1) is 5.92 Å². The smallest absolute Gasteiger partial charge is 0.224 e. The molecule has 1 N–H and O–H groups in total. The Morgan fingerprint density at radius 3 is 2.26 bits per heavy atom. The van der Waals surface area contributed by atoms with E-state index in [0.717, 1.165) is 31.9 Å². The standard InChI is InChI=1S/C23H30N2O2/c1-18(2)22(25-12-14-27-15-13-25)17-24-23(26)16-19-8-10-21(11-9-19)20-6-4-3-5-7-20/h3-11,18,22H,12-17H2,1-2H3,(H,24,26). The number of hydrogen-bond acceptors (Lipinski definition) is 3. The molecule has 1 aliphatic heterocycles. The van der Waals surface area contributed by atoms with E-state index < -0.39 is 0 Å². The lowest BCUT2D eigenvalue weighted by molar-refractivity contribution is -0.120. The highest BCUT2D eigenvalue weighted by molar-refractivity contribution is 5.78. The minimum atomic E-state index is 0.0846. The second kappa shape index (κ2) is 9.67. The highest BCUT2D eigenvalue weighted by Gasteiger charge is 2.24. The Hall–Kier alpha value is -2.17. The first kappa shape index (κ1) is 19.6. The van der Waals surface area contributed by atoms with Crippen molar-refractivity contribution in [2.75, 3.05) is 32.8 Å². The summed E-state index contributed by atoms with van der Waals surface area (Å²) < 4.78 is 5.45. The van der Waals surface area contributed by atoms with Gasteiger partial charge < -0.3 is 10.1 Å². The molecule has 3 rings (SSSR count). The Morgan fingerprint density at radius 1 is 1.00 bits per heavy atom. The van der Waals surface area contributed by atoms with Crippen molar-refractivity contribution in [1.29, 1.82) is 0 Å². The fourth-order valence-electron chi connectivity index (χ4n) is 3.61. The Labute approximate surface area is 162 Å². The van der Waals surface area contributed by atoms with Crippen LogP contribution in [0.1, 0.15) is 19.4 Å². The highest BCUT2D eigenvalue weighted by Crippen LogP contribution is 2.19. The molecule has 1 unspecified atom stereocenters. The fourth-order valence-corrected chi connectivity index (χ4v) is 3.61. The summed E-state index contributed by atoms with van der Waals surface area (Å²) in [6, 6.07) is 18.9. The van der Waals surface area contributed by atoms with Crippen LogP contribution in [0.3, 0.4) is 0 Å². The predicted octanol–water partition coefficient (Wildman–Crippen LogP) is 3.37. The Bertz CT molecular complexity index is 707. The van der Waals surface area contributed by atoms with Crippen LogP contribution < -0.4 is 5.32 Å². The van der Waals surface area contributed by atoms with Crippen molar-refractivity contribution in [2.45, 2.75) is 26.3 Å². The summed E-state index contributed by atoms with van der Waals surface area (Å²) in [5.41, 5.74) is 3.41. The first-order valence-corrected chi connectivity index (χ1v) is 9.86. The maximum absolute atomic E-state index is 12.4. The van der Waals surface area contributed by atoms with Crippen molar-refractivity contribution >= 4 is 5.91 Å². The van der Waals surface area contributed by atoms with E-state index in [1.165, 1.54) is 11.1 Å². The van der Waals surface area contributed by atoms with E-state index in [-0.39, 0.29) is 5.91 Å². The Morgan fingerprint density at radius 2 is 1.63 bits per heavy atom. The number of hydrogen-bond donors (Lipinski definition) is 1. The lowest BCUT2D eigenvalue weighted by Gasteiger charge is -2.36. The molecule has 144 valence electrons. The van der Waals surface area contributed by atoms with Crippen LogP contribution in [0.2, 0.25) is 0 Å². The van der Waals surface area contributed by atoms with E-state index in [4.69, 9.17) is 4.74 Å². The summed E-state index contributed by atoms with van der Waals surface area (Å²) in [4.78, 5) is 14.9. The van der Waals surface area contributed by atoms with Gasteiger partial charge in [-0.1, -0.05) is 68.4 Å². The summed E-state index contributed by atoms with van der Waals surface area (Å²) in [5.74, 6) is 0.579. The number of rotatable bonds is 7. The zero-order valence-electron chi connectivity index (χ0n) is 16.4. The average molecular weight is 367 g/mol. The van der Waals surface area contributed by atoms with Gasteiger partial charge in [-0.05, 0) is 22.6 Å². The maximum atomic E-state index is 12.4. The van der Waals surface area contributed by atoms with Crippen LogP contribution >= 0.6 is 0 Å². The van der Waals surface area contributed by atoms with E-state index >= 15 is 0 Å². The molecule has 2 aromatic carbocycles. The molecule has 27 heavy (non-hydrogen) atoms. The monoisotopic (exact) mass is 366 g/mol. The van der Waals surface area contributed by atoms with Crippen LogP contribution in [-0.2, 0) is 16.0 Å². The van der Waals surface area contributed by atoms with Crippen LogP contribution in [0.4, 0.5) is 0 Å². The first-order valence-electron chi connectivity index (χ1n) is 9.86. The molecule has 2 aromatic rings. The summed E-state index contributed by atoms with van der Waals surface area (Å²) in [5, 5.41) is 3.13. The second-order valence-electron chi connectivity index (χ2n) is 7.50. The molecular weight excluding hydrogens is 336 g/mol. The minimum Gasteiger partial charge on any atom is -0.379 e. The summed E-state index contributed by atoms with van der Waals surface area (Å²) in [6.45, 7) is 8.58. The van der Waals surface area contributed by atoms with Gasteiger partial charge in [-0.15, -0.1) is 0 Å². The van der Waals surface area contributed by atoms with Crippen LogP contribution in [0.25, 0.3) is 11.1 Å². The third-order valence-electron chi connectivity index (χ3n) is 5.22. The molecule has 0 bridgehead atoms. The zero-order valence-corrected chi connectivity index (χ0v) is 16.4. The normalized spacial score (nSPS) is 16.3. The molecular formula is C23H30N2O2. The molecule has 1 saturated heterocycles. The van der Waals surface area contributed by atoms with E-state index in [9.17, 15) is 4.79 Å². The molecule has 0 spiro atoms. The van der Waals surface area contributed by atoms with Gasteiger partial charge in [0, 0.05) is 25.7 Å². The maximum Gasteiger partial charge on any atom is 0.224 e. The number of ether oxygens (including phenoxy) is 1. The van der Waals surface area contributed by atoms with Gasteiger partial charge in [-0.25, -0.2) is 0 Å². The van der Waals surface area contributed by atoms with Crippen molar-refractivity contribution in [3.8, 4) is 11.1 Å². The van der Waals surface area contributed by atoms with E-state index in [1.54, 1.807) is 0 Å². The molecule has 0 radical (unpaired) electrons. The van der Waals surface area contributed by atoms with Crippen molar-refractivity contribution < 1.29 is 9.53 Å². The number of carbonyl (C=O) groups excluding carboxylic acids is 1. The van der Waals surface area contributed by atoms with Gasteiger partial charge in [0.25, 0.3) is 0 Å². The van der Waals surface area contributed by atoms with Crippen molar-refractivity contribution in [2.24, 2.45) is 5.92 Å². The van der Waals surface area contributed by atoms with Gasteiger partial charge in [0.05, 0.1) is 19.6 Å². The summed E-state index contributed by atoms with van der Waals surface area (Å²) >= 11 is 0. The number of morpholine rings is 1. The molecule has 0 aliphatic carbocycles. The van der Waals surface area contributed by atoms with E-state index in [1.807, 2.05) is 30.3 Å². The first-order chi connectivity index (χ1) is 13.1. The third kappa shape index (κ3) is 5.65. The predicted molar refractivity (Wildman–Crippen MR) is 110 cm³/mol. The van der Waals surface area contributed by atoms with Gasteiger partial charge in [0.2, 0.25) is 5.91 Å². The molecule has 1 atom stereocenters. The highest BCUT2D eigenvalue weighted by atomic mass is 16.5. The quantitative estimate of drug-likeness (QED) is 0.817. The van der Waals surface area contributed by atoms with Gasteiger partial charge in [-0.2, -0.15) is 0 Å². The van der Waals surface area contributed by atoms with Gasteiger partial charge in [0.15, 0.2) is 0 Å². The molecule has 1 heterocycles. The van der Waals surface area contributed by atoms with Crippen molar-refractivity contribution in [3.05, 3.63) is 60.2 Å². The number of nitrogens with zero attached hydrogens (tertiary/aromatic N) is 1. The van der Waals surface area contributed by atoms with Gasteiger partial charge in [0.1, 0.15) is 0 Å². The lowest BCUT2D eigenvalue weighted by Crippen LogP contribution is -2.51. The molecule has 0 aromatic heterocycles. The lowest BCUT2D eigenvalue weighted by atomic mass is 10.0. The van der Waals surface area contributed by atoms with E-state index in [0.29, 0.717) is 24.9 Å². The minimum absolute atomic E-state index is 0.0846. The zero-order chi connectivity index (χ0) is 19.1. The molecule has 0 saturated carbocycles. The van der Waals surface area contributed by atoms with Gasteiger partial charge in [-0.3, -0.25) is 9.69 Å². The van der Waals surface area contributed by atoms with Crippen LogP contribution in [0.5, 0.6) is 0 Å². The SMILES string of the molecule is CC(C)C(CNC(=O)Cc1ccc(-c2ccccc2)cc1)N1CCOCC1. The Kier molecular flexibility index (Phi) is 7.02.